The first-order chi connectivity index (χ1) is 12.2. The highest BCUT2D eigenvalue weighted by Crippen LogP contribution is 2.46. The van der Waals surface area contributed by atoms with Gasteiger partial charge in [0, 0.05) is 42.7 Å². The summed E-state index contributed by atoms with van der Waals surface area (Å²) in [7, 11) is 0. The van der Waals surface area contributed by atoms with Crippen LogP contribution in [-0.4, -0.2) is 53.6 Å². The smallest absolute Gasteiger partial charge is 0.251 e. The van der Waals surface area contributed by atoms with Crippen LogP contribution in [0.4, 0.5) is 0 Å². The van der Waals surface area contributed by atoms with Crippen molar-refractivity contribution in [1.82, 2.24) is 15.5 Å². The van der Waals surface area contributed by atoms with E-state index < -0.39 is 0 Å². The molecule has 7 heteroatoms. The first-order valence-electron chi connectivity index (χ1n) is 9.32. The van der Waals surface area contributed by atoms with Crippen molar-refractivity contribution >= 4 is 35.8 Å². The Bertz CT molecular complexity index is 674. The van der Waals surface area contributed by atoms with E-state index in [9.17, 15) is 9.90 Å². The summed E-state index contributed by atoms with van der Waals surface area (Å²) >= 11 is 0. The van der Waals surface area contributed by atoms with Gasteiger partial charge in [0.2, 0.25) is 0 Å². The lowest BCUT2D eigenvalue weighted by atomic mass is 9.65. The minimum Gasteiger partial charge on any atom is -0.508 e. The van der Waals surface area contributed by atoms with Gasteiger partial charge in [0.1, 0.15) is 5.75 Å². The van der Waals surface area contributed by atoms with Gasteiger partial charge in [0.15, 0.2) is 5.96 Å². The number of guanidine groups is 1. The maximum absolute atomic E-state index is 12.0. The second-order valence-electron chi connectivity index (χ2n) is 7.92. The molecule has 0 spiro atoms. The van der Waals surface area contributed by atoms with Crippen LogP contribution in [0, 0.1) is 5.41 Å². The number of carbonyl (C=O) groups excluding carboxylic acids is 1. The molecule has 1 aromatic rings. The number of rotatable bonds is 6. The molecule has 1 fully saturated rings. The predicted molar refractivity (Wildman–Crippen MR) is 121 cm³/mol. The molecule has 1 saturated heterocycles. The van der Waals surface area contributed by atoms with Crippen LogP contribution in [0.3, 0.4) is 0 Å². The zero-order chi connectivity index (χ0) is 19.4. The number of halogens is 1. The van der Waals surface area contributed by atoms with E-state index in [0.29, 0.717) is 18.7 Å². The third kappa shape index (κ3) is 5.49. The van der Waals surface area contributed by atoms with Crippen molar-refractivity contribution in [2.75, 3.05) is 26.2 Å². The molecule has 27 heavy (non-hydrogen) atoms. The van der Waals surface area contributed by atoms with Gasteiger partial charge in [-0.25, -0.2) is 0 Å². The fourth-order valence-electron chi connectivity index (χ4n) is 3.01. The zero-order valence-electron chi connectivity index (χ0n) is 17.0. The molecule has 1 aliphatic rings. The van der Waals surface area contributed by atoms with Crippen LogP contribution in [-0.2, 0) is 0 Å². The quantitative estimate of drug-likeness (QED) is 0.249. The Balaban J connectivity index is 0.00000364. The number of hydrogen-bond donors (Lipinski definition) is 3. The normalized spacial score (nSPS) is 17.5. The van der Waals surface area contributed by atoms with Crippen molar-refractivity contribution in [3.05, 3.63) is 29.8 Å². The fraction of sp³-hybridized carbons (Fsp3) is 0.600. The second kappa shape index (κ2) is 9.61. The van der Waals surface area contributed by atoms with Crippen LogP contribution in [0.1, 0.15) is 51.4 Å². The summed E-state index contributed by atoms with van der Waals surface area (Å²) in [6.45, 7) is 14.1. The van der Waals surface area contributed by atoms with Gasteiger partial charge in [0.25, 0.3) is 5.91 Å². The molecule has 0 bridgehead atoms. The molecule has 0 aliphatic carbocycles. The minimum absolute atomic E-state index is 0. The van der Waals surface area contributed by atoms with E-state index in [1.54, 1.807) is 18.2 Å². The highest BCUT2D eigenvalue weighted by atomic mass is 127. The summed E-state index contributed by atoms with van der Waals surface area (Å²) in [5.41, 5.74) is 0.794. The van der Waals surface area contributed by atoms with Crippen molar-refractivity contribution in [3.63, 3.8) is 0 Å². The number of nitrogens with zero attached hydrogens (tertiary/aromatic N) is 2. The van der Waals surface area contributed by atoms with Gasteiger partial charge in [-0.3, -0.25) is 9.79 Å². The van der Waals surface area contributed by atoms with Crippen LogP contribution in [0.2, 0.25) is 0 Å². The van der Waals surface area contributed by atoms with Crippen LogP contribution >= 0.6 is 24.0 Å². The first-order valence-corrected chi connectivity index (χ1v) is 9.32. The molecule has 1 heterocycles. The lowest BCUT2D eigenvalue weighted by molar-refractivity contribution is -0.0667. The van der Waals surface area contributed by atoms with Gasteiger partial charge < -0.3 is 20.6 Å². The Labute approximate surface area is 179 Å². The Morgan fingerprint density at radius 3 is 2.52 bits per heavy atom. The number of phenols is 1. The minimum atomic E-state index is -0.178. The van der Waals surface area contributed by atoms with Crippen molar-refractivity contribution in [3.8, 4) is 5.75 Å². The van der Waals surface area contributed by atoms with E-state index in [2.05, 4.69) is 50.2 Å². The van der Waals surface area contributed by atoms with Gasteiger partial charge in [-0.2, -0.15) is 0 Å². The van der Waals surface area contributed by atoms with Gasteiger partial charge in [-0.05, 0) is 45.4 Å². The topological polar surface area (TPSA) is 77.0 Å². The molecule has 0 saturated carbocycles. The third-order valence-corrected chi connectivity index (χ3v) is 5.47. The standard InChI is InChI=1S/C20H32N4O2.HI/c1-6-21-18(24-14-19(2,3)20(24,4)5)23-12-8-11-22-17(26)15-9-7-10-16(25)13-15;/h7,9-10,13,25H,6,8,11-12,14H2,1-5H3,(H,21,23)(H,22,26);1H. The summed E-state index contributed by atoms with van der Waals surface area (Å²) in [6, 6.07) is 6.36. The lowest BCUT2D eigenvalue weighted by Crippen LogP contribution is -2.72. The molecular weight excluding hydrogens is 455 g/mol. The van der Waals surface area contributed by atoms with E-state index in [-0.39, 0.29) is 46.6 Å². The lowest BCUT2D eigenvalue weighted by Gasteiger charge is -2.62. The number of aliphatic imine (C=N–C) groups is 1. The summed E-state index contributed by atoms with van der Waals surface area (Å²) in [5.74, 6) is 0.858. The summed E-state index contributed by atoms with van der Waals surface area (Å²) in [4.78, 5) is 19.1. The van der Waals surface area contributed by atoms with E-state index in [1.165, 1.54) is 6.07 Å². The van der Waals surface area contributed by atoms with E-state index >= 15 is 0 Å². The van der Waals surface area contributed by atoms with Crippen LogP contribution in [0.5, 0.6) is 5.75 Å². The summed E-state index contributed by atoms with van der Waals surface area (Å²) in [5, 5.41) is 15.7. The monoisotopic (exact) mass is 488 g/mol. The zero-order valence-corrected chi connectivity index (χ0v) is 19.3. The summed E-state index contributed by atoms with van der Waals surface area (Å²) < 4.78 is 0. The average Bonchev–Trinajstić information content (AvgIpc) is 2.58. The number of carbonyl (C=O) groups is 1. The van der Waals surface area contributed by atoms with E-state index in [1.807, 2.05) is 0 Å². The molecule has 1 amide bonds. The number of likely N-dealkylation sites (tertiary alicyclic amines) is 1. The van der Waals surface area contributed by atoms with Crippen molar-refractivity contribution < 1.29 is 9.90 Å². The fourth-order valence-corrected chi connectivity index (χ4v) is 3.01. The number of amides is 1. The second-order valence-corrected chi connectivity index (χ2v) is 7.92. The van der Waals surface area contributed by atoms with Crippen molar-refractivity contribution in [1.29, 1.82) is 0 Å². The van der Waals surface area contributed by atoms with Crippen LogP contribution in [0.15, 0.2) is 29.3 Å². The molecule has 0 aromatic heterocycles. The number of aromatic hydroxyl groups is 1. The molecule has 1 aromatic carbocycles. The Morgan fingerprint density at radius 2 is 1.96 bits per heavy atom. The molecule has 2 rings (SSSR count). The molecule has 0 atom stereocenters. The van der Waals surface area contributed by atoms with Crippen LogP contribution in [0.25, 0.3) is 0 Å². The number of phenolic OH excluding ortho intramolecular Hbond substituents is 1. The highest BCUT2D eigenvalue weighted by Gasteiger charge is 2.53. The molecule has 0 unspecified atom stereocenters. The van der Waals surface area contributed by atoms with Gasteiger partial charge in [-0.1, -0.05) is 19.9 Å². The highest BCUT2D eigenvalue weighted by molar-refractivity contribution is 14.0. The Kier molecular flexibility index (Phi) is 8.38. The summed E-state index contributed by atoms with van der Waals surface area (Å²) in [6.07, 6.45) is 0.761. The van der Waals surface area contributed by atoms with Crippen molar-refractivity contribution in [2.24, 2.45) is 10.4 Å². The largest absolute Gasteiger partial charge is 0.508 e. The first kappa shape index (κ1) is 23.5. The Morgan fingerprint density at radius 1 is 1.26 bits per heavy atom. The number of nitrogens with one attached hydrogen (secondary N) is 2. The molecule has 6 nitrogen and oxygen atoms in total. The Hall–Kier alpha value is -1.51. The molecule has 1 aliphatic heterocycles. The molecule has 152 valence electrons. The third-order valence-electron chi connectivity index (χ3n) is 5.47. The number of hydrogen-bond acceptors (Lipinski definition) is 3. The number of benzene rings is 1. The van der Waals surface area contributed by atoms with E-state index in [4.69, 9.17) is 4.99 Å². The van der Waals surface area contributed by atoms with Gasteiger partial charge in [-0.15, -0.1) is 24.0 Å². The molecule has 3 N–H and O–H groups in total. The maximum Gasteiger partial charge on any atom is 0.251 e. The predicted octanol–water partition coefficient (Wildman–Crippen LogP) is 3.22. The van der Waals surface area contributed by atoms with Gasteiger partial charge in [0.05, 0.1) is 0 Å². The van der Waals surface area contributed by atoms with Crippen LogP contribution < -0.4 is 10.6 Å². The van der Waals surface area contributed by atoms with E-state index in [0.717, 1.165) is 25.5 Å². The molecule has 0 radical (unpaired) electrons. The SMILES string of the molecule is CCNC(=NCCCNC(=O)c1cccc(O)c1)N1CC(C)(C)C1(C)C.I. The molecular formula is C20H33IN4O2. The average molecular weight is 488 g/mol. The van der Waals surface area contributed by atoms with Crippen molar-refractivity contribution in [2.45, 2.75) is 46.6 Å². The van der Waals surface area contributed by atoms with Gasteiger partial charge >= 0.3 is 0 Å². The maximum atomic E-state index is 12.0.